The summed E-state index contributed by atoms with van der Waals surface area (Å²) in [6, 6.07) is 6.08. The molecule has 0 radical (unpaired) electrons. The van der Waals surface area contributed by atoms with Crippen LogP contribution in [-0.4, -0.2) is 24.6 Å². The van der Waals surface area contributed by atoms with Gasteiger partial charge in [0.1, 0.15) is 5.75 Å². The predicted molar refractivity (Wildman–Crippen MR) is 72.7 cm³/mol. The molecule has 0 spiro atoms. The summed E-state index contributed by atoms with van der Waals surface area (Å²) in [5.41, 5.74) is 0.885. The van der Waals surface area contributed by atoms with Gasteiger partial charge in [-0.25, -0.2) is 0 Å². The standard InChI is InChI=1S/C14H20F2N2O2/c1-9(2)18-13(19)10(3)17-8-11-4-6-12(7-5-11)20-14(15)16/h4-7,9-10,14,17H,8H2,1-3H3,(H,18,19). The highest BCUT2D eigenvalue weighted by atomic mass is 19.3. The number of hydrogen-bond donors (Lipinski definition) is 2. The lowest BCUT2D eigenvalue weighted by Gasteiger charge is -2.16. The van der Waals surface area contributed by atoms with Crippen molar-refractivity contribution in [1.82, 2.24) is 10.6 Å². The fourth-order valence-corrected chi connectivity index (χ4v) is 1.56. The molecule has 1 atom stereocenters. The minimum absolute atomic E-state index is 0.0716. The number of ether oxygens (including phenoxy) is 1. The van der Waals surface area contributed by atoms with Crippen LogP contribution in [0.4, 0.5) is 8.78 Å². The monoisotopic (exact) mass is 286 g/mol. The van der Waals surface area contributed by atoms with Gasteiger partial charge in [0.2, 0.25) is 5.91 Å². The lowest BCUT2D eigenvalue weighted by Crippen LogP contribution is -2.44. The molecule has 0 fully saturated rings. The molecule has 1 unspecified atom stereocenters. The van der Waals surface area contributed by atoms with Gasteiger partial charge < -0.3 is 15.4 Å². The molecule has 1 amide bonds. The first kappa shape index (κ1) is 16.4. The van der Waals surface area contributed by atoms with Gasteiger partial charge in [0, 0.05) is 12.6 Å². The first-order chi connectivity index (χ1) is 9.38. The first-order valence-corrected chi connectivity index (χ1v) is 6.46. The molecule has 1 rings (SSSR count). The lowest BCUT2D eigenvalue weighted by atomic mass is 10.2. The molecular formula is C14H20F2N2O2. The zero-order valence-electron chi connectivity index (χ0n) is 11.8. The molecule has 0 bridgehead atoms. The molecule has 1 aromatic carbocycles. The summed E-state index contributed by atoms with van der Waals surface area (Å²) >= 11 is 0. The van der Waals surface area contributed by atoms with Crippen LogP contribution in [-0.2, 0) is 11.3 Å². The second-order valence-electron chi connectivity index (χ2n) is 4.79. The molecule has 0 aliphatic rings. The summed E-state index contributed by atoms with van der Waals surface area (Å²) in [4.78, 5) is 11.7. The summed E-state index contributed by atoms with van der Waals surface area (Å²) in [5.74, 6) is 0.0482. The molecule has 0 heterocycles. The van der Waals surface area contributed by atoms with Crippen LogP contribution in [0.25, 0.3) is 0 Å². The Kier molecular flexibility index (Phi) is 6.38. The topological polar surface area (TPSA) is 50.4 Å². The van der Waals surface area contributed by atoms with Crippen molar-refractivity contribution in [2.75, 3.05) is 0 Å². The zero-order valence-corrected chi connectivity index (χ0v) is 11.8. The smallest absolute Gasteiger partial charge is 0.387 e. The predicted octanol–water partition coefficient (Wildman–Crippen LogP) is 2.29. The van der Waals surface area contributed by atoms with Gasteiger partial charge in [0.15, 0.2) is 0 Å². The van der Waals surface area contributed by atoms with E-state index in [1.54, 1.807) is 19.1 Å². The number of alkyl halides is 2. The highest BCUT2D eigenvalue weighted by Crippen LogP contribution is 2.14. The van der Waals surface area contributed by atoms with Crippen LogP contribution in [0.3, 0.4) is 0 Å². The molecule has 20 heavy (non-hydrogen) atoms. The Morgan fingerprint density at radius 3 is 2.30 bits per heavy atom. The normalized spacial score (nSPS) is 12.6. The minimum Gasteiger partial charge on any atom is -0.435 e. The van der Waals surface area contributed by atoms with E-state index in [4.69, 9.17) is 0 Å². The first-order valence-electron chi connectivity index (χ1n) is 6.46. The lowest BCUT2D eigenvalue weighted by molar-refractivity contribution is -0.123. The average molecular weight is 286 g/mol. The van der Waals surface area contributed by atoms with Gasteiger partial charge in [0.25, 0.3) is 0 Å². The fraction of sp³-hybridized carbons (Fsp3) is 0.500. The van der Waals surface area contributed by atoms with Crippen LogP contribution in [0.15, 0.2) is 24.3 Å². The maximum absolute atomic E-state index is 12.0. The summed E-state index contributed by atoms with van der Waals surface area (Å²) in [7, 11) is 0. The fourth-order valence-electron chi connectivity index (χ4n) is 1.56. The van der Waals surface area contributed by atoms with Crippen LogP contribution in [0.1, 0.15) is 26.3 Å². The zero-order chi connectivity index (χ0) is 15.1. The van der Waals surface area contributed by atoms with Gasteiger partial charge in [-0.15, -0.1) is 0 Å². The Balaban J connectivity index is 2.43. The van der Waals surface area contributed by atoms with E-state index in [0.717, 1.165) is 5.56 Å². The van der Waals surface area contributed by atoms with Crippen molar-refractivity contribution in [3.63, 3.8) is 0 Å². The molecule has 112 valence electrons. The number of carbonyl (C=O) groups is 1. The van der Waals surface area contributed by atoms with Gasteiger partial charge in [0.05, 0.1) is 6.04 Å². The summed E-state index contributed by atoms with van der Waals surface area (Å²) in [5, 5.41) is 5.87. The molecule has 0 saturated heterocycles. The molecule has 6 heteroatoms. The highest BCUT2D eigenvalue weighted by molar-refractivity contribution is 5.81. The molecule has 0 aliphatic heterocycles. The van der Waals surface area contributed by atoms with E-state index < -0.39 is 6.61 Å². The summed E-state index contributed by atoms with van der Waals surface area (Å²) in [6.45, 7) is 3.21. The molecule has 1 aromatic rings. The number of hydrogen-bond acceptors (Lipinski definition) is 3. The molecule has 0 saturated carbocycles. The van der Waals surface area contributed by atoms with Crippen molar-refractivity contribution in [2.24, 2.45) is 0 Å². The number of carbonyl (C=O) groups excluding carboxylic acids is 1. The van der Waals surface area contributed by atoms with Crippen molar-refractivity contribution in [2.45, 2.75) is 46.0 Å². The third-order valence-electron chi connectivity index (χ3n) is 2.59. The third kappa shape index (κ3) is 5.97. The maximum atomic E-state index is 12.0. The van der Waals surface area contributed by atoms with Gasteiger partial charge >= 0.3 is 6.61 Å². The Hall–Kier alpha value is -1.69. The van der Waals surface area contributed by atoms with Crippen LogP contribution in [0.2, 0.25) is 0 Å². The Morgan fingerprint density at radius 1 is 1.20 bits per heavy atom. The van der Waals surface area contributed by atoms with Gasteiger partial charge in [-0.05, 0) is 38.5 Å². The number of rotatable bonds is 7. The van der Waals surface area contributed by atoms with E-state index >= 15 is 0 Å². The molecule has 4 nitrogen and oxygen atoms in total. The largest absolute Gasteiger partial charge is 0.435 e. The second kappa shape index (κ2) is 7.79. The molecule has 2 N–H and O–H groups in total. The molecular weight excluding hydrogens is 266 g/mol. The average Bonchev–Trinajstić information content (AvgIpc) is 2.36. The van der Waals surface area contributed by atoms with E-state index in [1.165, 1.54) is 12.1 Å². The quantitative estimate of drug-likeness (QED) is 0.808. The maximum Gasteiger partial charge on any atom is 0.387 e. The Labute approximate surface area is 117 Å². The number of benzene rings is 1. The van der Waals surface area contributed by atoms with Crippen LogP contribution in [0, 0.1) is 0 Å². The summed E-state index contributed by atoms with van der Waals surface area (Å²) in [6.07, 6.45) is 0. The van der Waals surface area contributed by atoms with Crippen LogP contribution >= 0.6 is 0 Å². The Morgan fingerprint density at radius 2 is 1.80 bits per heavy atom. The number of amides is 1. The Bertz CT molecular complexity index is 422. The van der Waals surface area contributed by atoms with E-state index in [9.17, 15) is 13.6 Å². The van der Waals surface area contributed by atoms with Crippen molar-refractivity contribution in [1.29, 1.82) is 0 Å². The highest BCUT2D eigenvalue weighted by Gasteiger charge is 2.12. The van der Waals surface area contributed by atoms with Crippen molar-refractivity contribution in [3.05, 3.63) is 29.8 Å². The number of nitrogens with one attached hydrogen (secondary N) is 2. The van der Waals surface area contributed by atoms with E-state index in [-0.39, 0.29) is 23.7 Å². The molecule has 0 aliphatic carbocycles. The van der Waals surface area contributed by atoms with Crippen molar-refractivity contribution >= 4 is 5.91 Å². The van der Waals surface area contributed by atoms with Gasteiger partial charge in [-0.2, -0.15) is 8.78 Å². The molecule has 0 aromatic heterocycles. The minimum atomic E-state index is -2.82. The van der Waals surface area contributed by atoms with Crippen molar-refractivity contribution in [3.8, 4) is 5.75 Å². The third-order valence-corrected chi connectivity index (χ3v) is 2.59. The SMILES string of the molecule is CC(C)NC(=O)C(C)NCc1ccc(OC(F)F)cc1. The van der Waals surface area contributed by atoms with E-state index in [2.05, 4.69) is 15.4 Å². The van der Waals surface area contributed by atoms with Gasteiger partial charge in [-0.3, -0.25) is 4.79 Å². The van der Waals surface area contributed by atoms with Crippen molar-refractivity contribution < 1.29 is 18.3 Å². The van der Waals surface area contributed by atoms with Crippen LogP contribution < -0.4 is 15.4 Å². The van der Waals surface area contributed by atoms with Crippen LogP contribution in [0.5, 0.6) is 5.75 Å². The second-order valence-corrected chi connectivity index (χ2v) is 4.79. The van der Waals surface area contributed by atoms with Gasteiger partial charge in [-0.1, -0.05) is 12.1 Å². The summed E-state index contributed by atoms with van der Waals surface area (Å²) < 4.78 is 28.2. The van der Waals surface area contributed by atoms with E-state index in [1.807, 2.05) is 13.8 Å². The van der Waals surface area contributed by atoms with E-state index in [0.29, 0.717) is 6.54 Å². The number of halogens is 2.